The Morgan fingerprint density at radius 3 is 0.845 bits per heavy atom. The molecule has 3 aromatic carbocycles. The van der Waals surface area contributed by atoms with Gasteiger partial charge in [0.1, 0.15) is 0 Å². The van der Waals surface area contributed by atoms with Crippen LogP contribution < -0.4 is 4.90 Å². The normalized spacial score (nSPS) is 21.6. The van der Waals surface area contributed by atoms with Crippen molar-refractivity contribution in [2.24, 2.45) is 0 Å². The van der Waals surface area contributed by atoms with Gasteiger partial charge in [-0.3, -0.25) is 29.9 Å². The summed E-state index contributed by atoms with van der Waals surface area (Å²) in [4.78, 5) is 34.0. The van der Waals surface area contributed by atoms with E-state index in [0.29, 0.717) is 0 Å². The van der Waals surface area contributed by atoms with Crippen LogP contribution in [0.25, 0.3) is 33.8 Å². The zero-order valence-corrected chi connectivity index (χ0v) is 30.7. The Morgan fingerprint density at radius 1 is 0.276 bits per heavy atom. The number of rotatable bonds is 0. The predicted octanol–water partition coefficient (Wildman–Crippen LogP) is 9.56. The fraction of sp³-hybridized carbons (Fsp3) is 0.0588. The third-order valence-electron chi connectivity index (χ3n) is 14.1. The maximum atomic E-state index is 5.36. The Balaban J connectivity index is 1.23. The molecule has 9 aromatic rings. The van der Waals surface area contributed by atoms with Crippen molar-refractivity contribution in [3.63, 3.8) is 0 Å². The Morgan fingerprint density at radius 2 is 0.534 bits per heavy atom. The van der Waals surface area contributed by atoms with Gasteiger partial charge in [-0.1, -0.05) is 72.8 Å². The number of nitrogens with zero attached hydrogens (tertiary/aromatic N) is 7. The van der Waals surface area contributed by atoms with Crippen LogP contribution in [0.1, 0.15) is 67.2 Å². The van der Waals surface area contributed by atoms with E-state index in [9.17, 15) is 0 Å². The molecule has 0 radical (unpaired) electrons. The molecule has 0 saturated carbocycles. The Hall–Kier alpha value is -7.64. The van der Waals surface area contributed by atoms with Crippen molar-refractivity contribution in [3.8, 4) is 33.8 Å². The quantitative estimate of drug-likeness (QED) is 0.153. The Bertz CT molecular complexity index is 2840. The summed E-state index contributed by atoms with van der Waals surface area (Å²) in [5.41, 5.74) is 20.7. The average molecular weight is 738 g/mol. The van der Waals surface area contributed by atoms with Gasteiger partial charge in [-0.2, -0.15) is 0 Å². The minimum absolute atomic E-state index is 0.786. The molecule has 15 rings (SSSR count). The van der Waals surface area contributed by atoms with E-state index in [1.54, 1.807) is 0 Å². The van der Waals surface area contributed by atoms with Crippen molar-refractivity contribution in [1.82, 2.24) is 29.9 Å². The highest BCUT2D eigenvalue weighted by Crippen LogP contribution is 2.74. The molecule has 7 heteroatoms. The van der Waals surface area contributed by atoms with E-state index < -0.39 is 16.2 Å². The van der Waals surface area contributed by atoms with Crippen LogP contribution in [0.5, 0.6) is 0 Å². The standard InChI is InChI=1S/C51H27N7/c1-13-34-43-35(14-1)50(32-20-8-23-53-41(32)29-11-5-26-56-47(29)50)37-16-3-18-39-45(37)58(43)44-36(49(34)31-19-7-22-52-40(31)28-10-4-25-55-46(28)49)15-2-17-38(44)51(39)33-21-9-24-54-42(33)30-12-6-27-57-48(30)51/h1-27H. The van der Waals surface area contributed by atoms with Crippen molar-refractivity contribution in [3.05, 3.63) is 232 Å². The average Bonchev–Trinajstić information content (AvgIpc) is 3.87. The molecule has 266 valence electrons. The maximum Gasteiger partial charge on any atom is 0.0942 e. The van der Waals surface area contributed by atoms with Crippen LogP contribution in [0.4, 0.5) is 17.1 Å². The molecule has 58 heavy (non-hydrogen) atoms. The van der Waals surface area contributed by atoms with Gasteiger partial charge in [0.15, 0.2) is 0 Å². The molecular formula is C51H27N7. The summed E-state index contributed by atoms with van der Waals surface area (Å²) in [6.07, 6.45) is 11.6. The molecule has 3 aliphatic carbocycles. The van der Waals surface area contributed by atoms with Gasteiger partial charge < -0.3 is 4.90 Å². The Kier molecular flexibility index (Phi) is 4.93. The fourth-order valence-electron chi connectivity index (χ4n) is 12.4. The van der Waals surface area contributed by atoms with Gasteiger partial charge >= 0.3 is 0 Å². The van der Waals surface area contributed by atoms with Crippen LogP contribution in [-0.2, 0) is 16.2 Å². The molecule has 3 aliphatic heterocycles. The number of para-hydroxylation sites is 3. The van der Waals surface area contributed by atoms with Crippen LogP contribution in [0.2, 0.25) is 0 Å². The molecule has 0 amide bonds. The lowest BCUT2D eigenvalue weighted by Crippen LogP contribution is -2.48. The molecule has 3 spiro atoms. The first-order chi connectivity index (χ1) is 28.8. The first-order valence-corrected chi connectivity index (χ1v) is 19.8. The van der Waals surface area contributed by atoms with E-state index in [-0.39, 0.29) is 0 Å². The van der Waals surface area contributed by atoms with Crippen molar-refractivity contribution in [1.29, 1.82) is 0 Å². The lowest BCUT2D eigenvalue weighted by atomic mass is 9.55. The number of benzene rings is 3. The summed E-state index contributed by atoms with van der Waals surface area (Å²) < 4.78 is 0. The third kappa shape index (κ3) is 2.81. The monoisotopic (exact) mass is 737 g/mol. The summed E-state index contributed by atoms with van der Waals surface area (Å²) in [6.45, 7) is 0. The van der Waals surface area contributed by atoms with Gasteiger partial charge in [0.25, 0.3) is 0 Å². The van der Waals surface area contributed by atoms with Gasteiger partial charge in [0, 0.05) is 53.9 Å². The topological polar surface area (TPSA) is 80.6 Å². The van der Waals surface area contributed by atoms with Crippen molar-refractivity contribution >= 4 is 17.1 Å². The number of pyridine rings is 6. The van der Waals surface area contributed by atoms with Crippen molar-refractivity contribution in [2.75, 3.05) is 4.90 Å². The van der Waals surface area contributed by atoms with E-state index >= 15 is 0 Å². The summed E-state index contributed by atoms with van der Waals surface area (Å²) in [5.74, 6) is 0. The van der Waals surface area contributed by atoms with Crippen LogP contribution in [0.3, 0.4) is 0 Å². The molecule has 6 aromatic heterocycles. The number of aromatic nitrogens is 6. The zero-order chi connectivity index (χ0) is 37.5. The molecule has 0 saturated heterocycles. The van der Waals surface area contributed by atoms with Crippen LogP contribution in [0, 0.1) is 0 Å². The number of fused-ring (bicyclic) bond motifs is 21. The molecule has 0 N–H and O–H groups in total. The highest BCUT2D eigenvalue weighted by atomic mass is 15.2. The lowest BCUT2D eigenvalue weighted by Gasteiger charge is -2.56. The van der Waals surface area contributed by atoms with E-state index in [0.717, 1.165) is 84.6 Å². The summed E-state index contributed by atoms with van der Waals surface area (Å²) in [6, 6.07) is 46.5. The highest BCUT2D eigenvalue weighted by Gasteiger charge is 2.64. The van der Waals surface area contributed by atoms with Gasteiger partial charge in [-0.05, 0) is 105 Å². The lowest BCUT2D eigenvalue weighted by molar-refractivity contribution is 0.649. The van der Waals surface area contributed by atoms with E-state index in [4.69, 9.17) is 29.9 Å². The molecule has 0 atom stereocenters. The van der Waals surface area contributed by atoms with Crippen molar-refractivity contribution < 1.29 is 0 Å². The van der Waals surface area contributed by atoms with Gasteiger partial charge in [-0.15, -0.1) is 0 Å². The third-order valence-corrected chi connectivity index (χ3v) is 14.1. The molecule has 9 heterocycles. The van der Waals surface area contributed by atoms with Crippen molar-refractivity contribution in [2.45, 2.75) is 16.2 Å². The van der Waals surface area contributed by atoms with Gasteiger partial charge in [0.2, 0.25) is 0 Å². The number of hydrogen-bond acceptors (Lipinski definition) is 7. The second-order valence-corrected chi connectivity index (χ2v) is 16.1. The van der Waals surface area contributed by atoms with E-state index in [2.05, 4.69) is 114 Å². The molecule has 0 unspecified atom stereocenters. The highest BCUT2D eigenvalue weighted by molar-refractivity contribution is 6.06. The Labute approximate surface area is 332 Å². The number of hydrogen-bond donors (Lipinski definition) is 0. The van der Waals surface area contributed by atoms with Gasteiger partial charge in [0.05, 0.1) is 67.5 Å². The minimum Gasteiger partial charge on any atom is -0.308 e. The van der Waals surface area contributed by atoms with Crippen LogP contribution in [0.15, 0.2) is 165 Å². The second-order valence-electron chi connectivity index (χ2n) is 16.1. The van der Waals surface area contributed by atoms with Crippen LogP contribution >= 0.6 is 0 Å². The van der Waals surface area contributed by atoms with E-state index in [1.807, 2.05) is 55.4 Å². The SMILES string of the molecule is c1cnc2c(c1)-c1ncccc1C21c2cccc3c2N2c4c1cccc4C1(c4cccnc4-c4cccnc41)c1cccc(c12)C31c2cccnc2-c2cccnc21. The largest absolute Gasteiger partial charge is 0.308 e. The minimum atomic E-state index is -0.786. The zero-order valence-electron chi connectivity index (χ0n) is 30.7. The van der Waals surface area contributed by atoms with Crippen LogP contribution in [-0.4, -0.2) is 29.9 Å². The molecule has 0 bridgehead atoms. The first-order valence-electron chi connectivity index (χ1n) is 19.8. The molecule has 0 fully saturated rings. The molecule has 7 nitrogen and oxygen atoms in total. The predicted molar refractivity (Wildman–Crippen MR) is 220 cm³/mol. The summed E-state index contributed by atoms with van der Waals surface area (Å²) in [7, 11) is 0. The first kappa shape index (κ1) is 29.6. The second kappa shape index (κ2) is 9.65. The van der Waals surface area contributed by atoms with E-state index in [1.165, 1.54) is 33.4 Å². The maximum absolute atomic E-state index is 5.36. The summed E-state index contributed by atoms with van der Waals surface area (Å²) >= 11 is 0. The fourth-order valence-corrected chi connectivity index (χ4v) is 12.4. The smallest absolute Gasteiger partial charge is 0.0942 e. The molecular weight excluding hydrogens is 711 g/mol. The number of anilines is 3. The molecule has 6 aliphatic rings. The van der Waals surface area contributed by atoms with Gasteiger partial charge in [-0.25, -0.2) is 0 Å². The summed E-state index contributed by atoms with van der Waals surface area (Å²) in [5, 5.41) is 0.